The zero-order valence-electron chi connectivity index (χ0n) is 22.5. The number of amides is 1. The first kappa shape index (κ1) is 28.6. The predicted octanol–water partition coefficient (Wildman–Crippen LogP) is 2.39. The Labute approximate surface area is 232 Å². The summed E-state index contributed by atoms with van der Waals surface area (Å²) in [4.78, 5) is 28.1. The Kier molecular flexibility index (Phi) is 8.06. The van der Waals surface area contributed by atoms with E-state index in [1.165, 1.54) is 19.4 Å². The fourth-order valence-corrected chi connectivity index (χ4v) is 4.68. The second kappa shape index (κ2) is 11.5. The number of carbonyl (C=O) groups excluding carboxylic acids is 1. The first-order chi connectivity index (χ1) is 19.6. The maximum atomic E-state index is 13.3. The van der Waals surface area contributed by atoms with Crippen LogP contribution in [0.5, 0.6) is 0 Å². The predicted molar refractivity (Wildman–Crippen MR) is 140 cm³/mol. The largest absolute Gasteiger partial charge is 0.365 e. The number of nitrogens with zero attached hydrogens (tertiary/aromatic N) is 6. The van der Waals surface area contributed by atoms with E-state index in [1.807, 2.05) is 17.9 Å². The lowest BCUT2D eigenvalue weighted by Gasteiger charge is -2.47. The fourth-order valence-electron chi connectivity index (χ4n) is 4.68. The van der Waals surface area contributed by atoms with Crippen molar-refractivity contribution in [2.24, 2.45) is 0 Å². The standard InChI is InChI=1S/C25H30F4N10O2/c1-13-6-18(33-19-7-14(2)35-36-19)34-24(32-13)38-11-25(12-38,41-3)23(40)31-10-15-4-5-20(30-9-15)39-17(22(28)29)8-16(37-39)21(26)27/h4-6,8-9,14,19,21-22,35-36H,7,10-12H2,1-3H3,(H,31,40)(H,32,33,34). The summed E-state index contributed by atoms with van der Waals surface area (Å²) >= 11 is 0. The molecule has 220 valence electrons. The van der Waals surface area contributed by atoms with Crippen molar-refractivity contribution in [2.75, 3.05) is 30.4 Å². The lowest BCUT2D eigenvalue weighted by Crippen LogP contribution is -2.70. The fraction of sp³-hybridized carbons (Fsp3) is 0.480. The molecule has 2 unspecified atom stereocenters. The number of methoxy groups -OCH3 is 1. The molecule has 5 rings (SSSR count). The van der Waals surface area contributed by atoms with Crippen LogP contribution in [-0.2, 0) is 16.1 Å². The van der Waals surface area contributed by atoms with E-state index >= 15 is 0 Å². The van der Waals surface area contributed by atoms with E-state index in [9.17, 15) is 22.4 Å². The molecule has 5 heterocycles. The maximum Gasteiger partial charge on any atom is 0.282 e. The number of hydrogen-bond acceptors (Lipinski definition) is 10. The van der Waals surface area contributed by atoms with E-state index < -0.39 is 29.8 Å². The van der Waals surface area contributed by atoms with E-state index in [-0.39, 0.29) is 37.5 Å². The van der Waals surface area contributed by atoms with Crippen LogP contribution in [0.4, 0.5) is 29.3 Å². The molecule has 0 aromatic carbocycles. The van der Waals surface area contributed by atoms with Gasteiger partial charge in [0.05, 0.1) is 19.3 Å². The summed E-state index contributed by atoms with van der Waals surface area (Å²) in [6.07, 6.45) is -3.75. The minimum absolute atomic E-state index is 0.0250. The number of nitrogens with one attached hydrogen (secondary N) is 4. The second-order valence-electron chi connectivity index (χ2n) is 10.1. The normalized spacial score (nSPS) is 20.0. The number of alkyl halides is 4. The molecule has 3 aromatic rings. The smallest absolute Gasteiger partial charge is 0.282 e. The van der Waals surface area contributed by atoms with Crippen molar-refractivity contribution in [3.05, 3.63) is 53.1 Å². The van der Waals surface area contributed by atoms with Gasteiger partial charge in [-0.3, -0.25) is 10.2 Å². The molecule has 2 aliphatic heterocycles. The van der Waals surface area contributed by atoms with Gasteiger partial charge in [0.2, 0.25) is 5.95 Å². The van der Waals surface area contributed by atoms with Crippen LogP contribution in [0.3, 0.4) is 0 Å². The van der Waals surface area contributed by atoms with Crippen LogP contribution in [0.15, 0.2) is 30.5 Å². The zero-order chi connectivity index (χ0) is 29.3. The summed E-state index contributed by atoms with van der Waals surface area (Å²) in [7, 11) is 1.45. The Hall–Kier alpha value is -3.89. The number of halogens is 4. The van der Waals surface area contributed by atoms with Gasteiger partial charge in [-0.2, -0.15) is 10.1 Å². The molecule has 4 N–H and O–H groups in total. The molecule has 0 spiro atoms. The minimum atomic E-state index is -3.01. The Balaban J connectivity index is 1.19. The lowest BCUT2D eigenvalue weighted by atomic mass is 9.93. The number of anilines is 2. The van der Waals surface area contributed by atoms with Gasteiger partial charge in [-0.1, -0.05) is 6.07 Å². The summed E-state index contributed by atoms with van der Waals surface area (Å²) in [5, 5.41) is 9.70. The molecule has 16 heteroatoms. The van der Waals surface area contributed by atoms with Crippen molar-refractivity contribution < 1.29 is 27.1 Å². The number of ether oxygens (including phenoxy) is 1. The van der Waals surface area contributed by atoms with Crippen molar-refractivity contribution in [3.8, 4) is 5.82 Å². The number of aryl methyl sites for hydroxylation is 1. The molecule has 1 amide bonds. The van der Waals surface area contributed by atoms with Crippen molar-refractivity contribution in [3.63, 3.8) is 0 Å². The van der Waals surface area contributed by atoms with Crippen molar-refractivity contribution in [1.29, 1.82) is 0 Å². The first-order valence-electron chi connectivity index (χ1n) is 12.9. The molecule has 2 saturated heterocycles. The Morgan fingerprint density at radius 3 is 2.56 bits per heavy atom. The Bertz CT molecular complexity index is 1380. The molecular weight excluding hydrogens is 548 g/mol. The van der Waals surface area contributed by atoms with E-state index in [2.05, 4.69) is 48.5 Å². The number of aromatic nitrogens is 5. The summed E-state index contributed by atoms with van der Waals surface area (Å²) in [5.41, 5.74) is 5.08. The molecule has 41 heavy (non-hydrogen) atoms. The molecule has 2 aliphatic rings. The van der Waals surface area contributed by atoms with Crippen LogP contribution in [0.2, 0.25) is 0 Å². The second-order valence-corrected chi connectivity index (χ2v) is 10.1. The molecule has 2 fully saturated rings. The van der Waals surface area contributed by atoms with Gasteiger partial charge >= 0.3 is 0 Å². The molecule has 0 aliphatic carbocycles. The number of hydrazine groups is 1. The van der Waals surface area contributed by atoms with Gasteiger partial charge in [-0.15, -0.1) is 0 Å². The number of pyridine rings is 1. The Morgan fingerprint density at radius 1 is 1.17 bits per heavy atom. The highest BCUT2D eigenvalue weighted by molar-refractivity contribution is 5.88. The van der Waals surface area contributed by atoms with E-state index in [1.54, 1.807) is 6.07 Å². The molecule has 12 nitrogen and oxygen atoms in total. The SMILES string of the molecule is COC1(C(=O)NCc2ccc(-n3nc(C(F)F)cc3C(F)F)nc2)CN(c2nc(C)cc(NC3CC(C)NN3)n2)C1. The number of rotatable bonds is 10. The molecule has 0 radical (unpaired) electrons. The highest BCUT2D eigenvalue weighted by Gasteiger charge is 2.51. The molecule has 0 saturated carbocycles. The summed E-state index contributed by atoms with van der Waals surface area (Å²) in [6.45, 7) is 4.49. The van der Waals surface area contributed by atoms with Gasteiger partial charge in [-0.25, -0.2) is 37.6 Å². The van der Waals surface area contributed by atoms with Crippen LogP contribution in [0.25, 0.3) is 5.82 Å². The number of carbonyl (C=O) groups is 1. The third-order valence-corrected chi connectivity index (χ3v) is 6.92. The summed E-state index contributed by atoms with van der Waals surface area (Å²) < 4.78 is 58.9. The van der Waals surface area contributed by atoms with Crippen LogP contribution >= 0.6 is 0 Å². The van der Waals surface area contributed by atoms with Crippen LogP contribution < -0.4 is 26.4 Å². The molecule has 3 aromatic heterocycles. The lowest BCUT2D eigenvalue weighted by molar-refractivity contribution is -0.146. The Morgan fingerprint density at radius 2 is 1.95 bits per heavy atom. The van der Waals surface area contributed by atoms with Crippen LogP contribution in [0.1, 0.15) is 48.8 Å². The van der Waals surface area contributed by atoms with Gasteiger partial charge in [0.1, 0.15) is 17.2 Å². The van der Waals surface area contributed by atoms with Crippen molar-refractivity contribution in [2.45, 2.75) is 57.5 Å². The summed E-state index contributed by atoms with van der Waals surface area (Å²) in [6, 6.07) is 5.74. The molecule has 0 bridgehead atoms. The summed E-state index contributed by atoms with van der Waals surface area (Å²) in [5.74, 6) is 0.739. The van der Waals surface area contributed by atoms with Crippen LogP contribution in [-0.4, -0.2) is 68.6 Å². The van der Waals surface area contributed by atoms with Crippen molar-refractivity contribution in [1.82, 2.24) is 40.9 Å². The van der Waals surface area contributed by atoms with E-state index in [0.717, 1.165) is 12.1 Å². The topological polar surface area (TPSA) is 134 Å². The van der Waals surface area contributed by atoms with E-state index in [4.69, 9.17) is 4.74 Å². The highest BCUT2D eigenvalue weighted by atomic mass is 19.3. The average Bonchev–Trinajstić information content (AvgIpc) is 3.54. The highest BCUT2D eigenvalue weighted by Crippen LogP contribution is 2.30. The maximum absolute atomic E-state index is 13.3. The third-order valence-electron chi connectivity index (χ3n) is 6.92. The quantitative estimate of drug-likeness (QED) is 0.266. The van der Waals surface area contributed by atoms with Gasteiger partial charge in [-0.05, 0) is 38.0 Å². The van der Waals surface area contributed by atoms with Gasteiger partial charge in [0.15, 0.2) is 11.4 Å². The van der Waals surface area contributed by atoms with Gasteiger partial charge in [0.25, 0.3) is 18.8 Å². The minimum Gasteiger partial charge on any atom is -0.365 e. The van der Waals surface area contributed by atoms with Crippen molar-refractivity contribution >= 4 is 17.7 Å². The van der Waals surface area contributed by atoms with Gasteiger partial charge < -0.3 is 20.3 Å². The molecular formula is C25H30F4N10O2. The molecule has 2 atom stereocenters. The van der Waals surface area contributed by atoms with E-state index in [0.29, 0.717) is 34.1 Å². The average molecular weight is 579 g/mol. The zero-order valence-corrected chi connectivity index (χ0v) is 22.5. The monoisotopic (exact) mass is 578 g/mol. The van der Waals surface area contributed by atoms with Gasteiger partial charge in [0, 0.05) is 37.7 Å². The first-order valence-corrected chi connectivity index (χ1v) is 12.9. The number of hydrogen-bond donors (Lipinski definition) is 4. The third kappa shape index (κ3) is 6.08. The van der Waals surface area contributed by atoms with Crippen LogP contribution in [0, 0.1) is 6.92 Å².